The Morgan fingerprint density at radius 1 is 1.21 bits per heavy atom. The van der Waals surface area contributed by atoms with Crippen LogP contribution in [0.25, 0.3) is 6.08 Å². The zero-order chi connectivity index (χ0) is 21.0. The van der Waals surface area contributed by atoms with Crippen LogP contribution in [0.2, 0.25) is 0 Å². The monoisotopic (exact) mass is 420 g/mol. The number of carbonyl (C=O) groups excluding carboxylic acids is 1. The van der Waals surface area contributed by atoms with Gasteiger partial charge in [-0.1, -0.05) is 30.4 Å². The Kier molecular flexibility index (Phi) is 7.01. The normalized spacial score (nSPS) is 19.0. The molecule has 7 heteroatoms. The maximum absolute atomic E-state index is 12.0. The number of allylic oxidation sites excluding steroid dienone is 1. The molecule has 0 spiro atoms. The number of hydrogen-bond donors (Lipinski definition) is 0. The molecule has 2 heterocycles. The summed E-state index contributed by atoms with van der Waals surface area (Å²) in [6, 6.07) is 6.28. The standard InChI is InChI=1S/C22H32N2O4S/c1-17(2)28-22(25)23-12-9-18(10-13-23)5-4-6-19-7-8-21-16-24(29(3,26)27)14-11-20(21)15-19/h4,6-8,15,17-18H,5,9-14,16H2,1-3H3. The SMILES string of the molecule is CC(C)OC(=O)N1CCC(CC=Cc2ccc3c(c2)CCN(S(C)(=O)=O)C3)CC1. The molecule has 1 amide bonds. The van der Waals surface area contributed by atoms with Crippen LogP contribution in [0, 0.1) is 5.92 Å². The summed E-state index contributed by atoms with van der Waals surface area (Å²) in [4.78, 5) is 13.8. The number of sulfonamides is 1. The third kappa shape index (κ3) is 6.06. The molecular weight excluding hydrogens is 388 g/mol. The highest BCUT2D eigenvalue weighted by atomic mass is 32.2. The first-order chi connectivity index (χ1) is 13.7. The van der Waals surface area contributed by atoms with E-state index in [2.05, 4.69) is 24.3 Å². The summed E-state index contributed by atoms with van der Waals surface area (Å²) in [6.45, 7) is 6.29. The lowest BCUT2D eigenvalue weighted by Gasteiger charge is -2.31. The highest BCUT2D eigenvalue weighted by Crippen LogP contribution is 2.24. The van der Waals surface area contributed by atoms with Crippen LogP contribution >= 0.6 is 0 Å². The van der Waals surface area contributed by atoms with Crippen LogP contribution in [0.5, 0.6) is 0 Å². The van der Waals surface area contributed by atoms with Gasteiger partial charge in [-0.05, 0) is 62.1 Å². The van der Waals surface area contributed by atoms with Crippen LogP contribution in [0.3, 0.4) is 0 Å². The second-order valence-corrected chi connectivity index (χ2v) is 10.4. The van der Waals surface area contributed by atoms with Gasteiger partial charge in [0.2, 0.25) is 10.0 Å². The lowest BCUT2D eigenvalue weighted by atomic mass is 9.93. The van der Waals surface area contributed by atoms with E-state index in [-0.39, 0.29) is 12.2 Å². The zero-order valence-electron chi connectivity index (χ0n) is 17.6. The molecule has 0 atom stereocenters. The van der Waals surface area contributed by atoms with Gasteiger partial charge in [-0.15, -0.1) is 0 Å². The van der Waals surface area contributed by atoms with Gasteiger partial charge < -0.3 is 9.64 Å². The number of rotatable bonds is 5. The second-order valence-electron chi connectivity index (χ2n) is 8.38. The van der Waals surface area contributed by atoms with Gasteiger partial charge in [-0.25, -0.2) is 13.2 Å². The number of benzene rings is 1. The number of carbonyl (C=O) groups is 1. The van der Waals surface area contributed by atoms with Gasteiger partial charge >= 0.3 is 6.09 Å². The van der Waals surface area contributed by atoms with Crippen LogP contribution in [-0.2, 0) is 27.7 Å². The molecule has 2 aliphatic rings. The molecule has 0 N–H and O–H groups in total. The number of likely N-dealkylation sites (tertiary alicyclic amines) is 1. The number of fused-ring (bicyclic) bond motifs is 1. The summed E-state index contributed by atoms with van der Waals surface area (Å²) in [7, 11) is -3.13. The average Bonchev–Trinajstić information content (AvgIpc) is 2.67. The van der Waals surface area contributed by atoms with Gasteiger partial charge in [0.05, 0.1) is 12.4 Å². The Labute approximate surface area is 174 Å². The number of nitrogens with zero attached hydrogens (tertiary/aromatic N) is 2. The molecule has 1 aromatic carbocycles. The number of piperidine rings is 1. The van der Waals surface area contributed by atoms with Crippen molar-refractivity contribution in [2.24, 2.45) is 5.92 Å². The van der Waals surface area contributed by atoms with Crippen molar-refractivity contribution in [3.05, 3.63) is 41.0 Å². The fraction of sp³-hybridized carbons (Fsp3) is 0.591. The fourth-order valence-electron chi connectivity index (χ4n) is 3.96. The molecule has 6 nitrogen and oxygen atoms in total. The molecular formula is C22H32N2O4S. The van der Waals surface area contributed by atoms with Crippen LogP contribution in [0.1, 0.15) is 49.8 Å². The van der Waals surface area contributed by atoms with Crippen molar-refractivity contribution in [3.8, 4) is 0 Å². The topological polar surface area (TPSA) is 66.9 Å². The largest absolute Gasteiger partial charge is 0.447 e. The molecule has 2 aliphatic heterocycles. The summed E-state index contributed by atoms with van der Waals surface area (Å²) in [5.41, 5.74) is 3.50. The van der Waals surface area contributed by atoms with Crippen molar-refractivity contribution in [2.45, 2.75) is 52.2 Å². The predicted octanol–water partition coefficient (Wildman–Crippen LogP) is 3.66. The van der Waals surface area contributed by atoms with Crippen LogP contribution < -0.4 is 0 Å². The Bertz CT molecular complexity index is 856. The lowest BCUT2D eigenvalue weighted by Crippen LogP contribution is -2.39. The van der Waals surface area contributed by atoms with Crippen molar-refractivity contribution < 1.29 is 17.9 Å². The number of ether oxygens (including phenoxy) is 1. The van der Waals surface area contributed by atoms with E-state index in [1.54, 1.807) is 0 Å². The van der Waals surface area contributed by atoms with Gasteiger partial charge in [-0.2, -0.15) is 4.31 Å². The molecule has 29 heavy (non-hydrogen) atoms. The summed E-state index contributed by atoms with van der Waals surface area (Å²) in [6.07, 6.45) is 9.15. The Morgan fingerprint density at radius 3 is 2.59 bits per heavy atom. The van der Waals surface area contributed by atoms with E-state index in [1.807, 2.05) is 24.8 Å². The van der Waals surface area contributed by atoms with Crippen molar-refractivity contribution in [1.82, 2.24) is 9.21 Å². The molecule has 3 rings (SSSR count). The smallest absolute Gasteiger partial charge is 0.410 e. The Morgan fingerprint density at radius 2 is 1.93 bits per heavy atom. The number of amides is 1. The first-order valence-corrected chi connectivity index (χ1v) is 12.3. The lowest BCUT2D eigenvalue weighted by molar-refractivity contribution is 0.0656. The van der Waals surface area contributed by atoms with Crippen LogP contribution in [-0.4, -0.2) is 55.7 Å². The summed E-state index contributed by atoms with van der Waals surface area (Å²) >= 11 is 0. The van der Waals surface area contributed by atoms with E-state index in [0.29, 0.717) is 19.0 Å². The predicted molar refractivity (Wildman–Crippen MR) is 115 cm³/mol. The molecule has 160 valence electrons. The highest BCUT2D eigenvalue weighted by molar-refractivity contribution is 7.88. The van der Waals surface area contributed by atoms with Gasteiger partial charge in [0, 0.05) is 26.2 Å². The Hall–Kier alpha value is -1.86. The Balaban J connectivity index is 1.49. The summed E-state index contributed by atoms with van der Waals surface area (Å²) in [5.74, 6) is 0.593. The quantitative estimate of drug-likeness (QED) is 0.729. The minimum Gasteiger partial charge on any atom is -0.447 e. The molecule has 0 bridgehead atoms. The maximum Gasteiger partial charge on any atom is 0.410 e. The molecule has 1 fully saturated rings. The molecule has 0 aromatic heterocycles. The van der Waals surface area contributed by atoms with Gasteiger partial charge in [0.1, 0.15) is 0 Å². The summed E-state index contributed by atoms with van der Waals surface area (Å²) < 4.78 is 30.3. The minimum absolute atomic E-state index is 0.0748. The van der Waals surface area contributed by atoms with E-state index in [4.69, 9.17) is 4.74 Å². The molecule has 0 saturated carbocycles. The van der Waals surface area contributed by atoms with E-state index < -0.39 is 10.0 Å². The van der Waals surface area contributed by atoms with Gasteiger partial charge in [-0.3, -0.25) is 0 Å². The number of hydrogen-bond acceptors (Lipinski definition) is 4. The second kappa shape index (κ2) is 9.30. The first kappa shape index (κ1) is 21.8. The van der Waals surface area contributed by atoms with Gasteiger partial charge in [0.25, 0.3) is 0 Å². The van der Waals surface area contributed by atoms with Crippen LogP contribution in [0.4, 0.5) is 4.79 Å². The summed E-state index contributed by atoms with van der Waals surface area (Å²) in [5, 5.41) is 0. The van der Waals surface area contributed by atoms with E-state index in [9.17, 15) is 13.2 Å². The molecule has 0 aliphatic carbocycles. The van der Waals surface area contributed by atoms with E-state index in [0.717, 1.165) is 49.9 Å². The van der Waals surface area contributed by atoms with E-state index in [1.165, 1.54) is 16.1 Å². The zero-order valence-corrected chi connectivity index (χ0v) is 18.5. The molecule has 1 saturated heterocycles. The maximum atomic E-state index is 12.0. The van der Waals surface area contributed by atoms with Crippen molar-refractivity contribution >= 4 is 22.2 Å². The third-order valence-electron chi connectivity index (χ3n) is 5.67. The van der Waals surface area contributed by atoms with Crippen molar-refractivity contribution in [3.63, 3.8) is 0 Å². The average molecular weight is 421 g/mol. The fourth-order valence-corrected chi connectivity index (χ4v) is 4.75. The van der Waals surface area contributed by atoms with Gasteiger partial charge in [0.15, 0.2) is 0 Å². The minimum atomic E-state index is -3.13. The van der Waals surface area contributed by atoms with Crippen molar-refractivity contribution in [1.29, 1.82) is 0 Å². The van der Waals surface area contributed by atoms with Crippen molar-refractivity contribution in [2.75, 3.05) is 25.9 Å². The molecule has 0 unspecified atom stereocenters. The highest BCUT2D eigenvalue weighted by Gasteiger charge is 2.24. The molecule has 1 aromatic rings. The van der Waals surface area contributed by atoms with Crippen LogP contribution in [0.15, 0.2) is 24.3 Å². The molecule has 0 radical (unpaired) electrons. The third-order valence-corrected chi connectivity index (χ3v) is 6.92. The van der Waals surface area contributed by atoms with E-state index >= 15 is 0 Å². The first-order valence-electron chi connectivity index (χ1n) is 10.4.